The van der Waals surface area contributed by atoms with Crippen molar-refractivity contribution in [3.05, 3.63) is 0 Å². The van der Waals surface area contributed by atoms with Crippen molar-refractivity contribution in [1.82, 2.24) is 0 Å². The zero-order valence-electron chi connectivity index (χ0n) is 9.62. The van der Waals surface area contributed by atoms with Crippen LogP contribution < -0.4 is 0 Å². The largest absolute Gasteiger partial charge is 0.390 e. The van der Waals surface area contributed by atoms with Crippen molar-refractivity contribution in [2.45, 2.75) is 45.6 Å². The first-order chi connectivity index (χ1) is 6.73. The van der Waals surface area contributed by atoms with E-state index >= 15 is 0 Å². The van der Waals surface area contributed by atoms with Crippen molar-refractivity contribution >= 4 is 11.1 Å². The van der Waals surface area contributed by atoms with E-state index in [4.69, 9.17) is 4.55 Å². The van der Waals surface area contributed by atoms with Crippen LogP contribution in [0, 0.1) is 16.7 Å². The van der Waals surface area contributed by atoms with E-state index in [-0.39, 0.29) is 16.6 Å². The number of hydrogen-bond donors (Lipinski definition) is 2. The molecular formula is C11H20O3S. The van der Waals surface area contributed by atoms with Gasteiger partial charge in [0.2, 0.25) is 0 Å². The summed E-state index contributed by atoms with van der Waals surface area (Å²) in [5.74, 6) is 0.708. The van der Waals surface area contributed by atoms with Gasteiger partial charge in [0, 0.05) is 5.41 Å². The lowest BCUT2D eigenvalue weighted by atomic mass is 9.65. The smallest absolute Gasteiger partial charge is 0.153 e. The Hall–Kier alpha value is 0.0700. The van der Waals surface area contributed by atoms with Crippen LogP contribution in [0.15, 0.2) is 0 Å². The predicted octanol–water partition coefficient (Wildman–Crippen LogP) is 1.79. The van der Waals surface area contributed by atoms with Crippen LogP contribution in [-0.2, 0) is 11.1 Å². The number of hydrogen-bond acceptors (Lipinski definition) is 2. The van der Waals surface area contributed by atoms with E-state index in [0.717, 1.165) is 19.3 Å². The summed E-state index contributed by atoms with van der Waals surface area (Å²) in [5, 5.41) is 10.5. The average molecular weight is 232 g/mol. The average Bonchev–Trinajstić information content (AvgIpc) is 2.33. The van der Waals surface area contributed by atoms with E-state index < -0.39 is 16.7 Å². The highest BCUT2D eigenvalue weighted by Crippen LogP contribution is 2.69. The molecular weight excluding hydrogens is 212 g/mol. The minimum atomic E-state index is -1.82. The Balaban J connectivity index is 2.44. The first kappa shape index (κ1) is 11.6. The lowest BCUT2D eigenvalue weighted by molar-refractivity contribution is -0.0722. The van der Waals surface area contributed by atoms with E-state index in [9.17, 15) is 9.32 Å². The van der Waals surface area contributed by atoms with Crippen molar-refractivity contribution in [1.29, 1.82) is 0 Å². The molecule has 2 N–H and O–H groups in total. The third-order valence-corrected chi connectivity index (χ3v) is 5.96. The molecule has 0 aromatic carbocycles. The van der Waals surface area contributed by atoms with Gasteiger partial charge in [-0.1, -0.05) is 13.8 Å². The van der Waals surface area contributed by atoms with Gasteiger partial charge < -0.3 is 9.66 Å². The lowest BCUT2D eigenvalue weighted by Gasteiger charge is -2.45. The van der Waals surface area contributed by atoms with Gasteiger partial charge in [0.05, 0.1) is 11.4 Å². The van der Waals surface area contributed by atoms with Gasteiger partial charge in [0.15, 0.2) is 11.1 Å². The van der Waals surface area contributed by atoms with E-state index in [1.807, 2.05) is 6.92 Å². The number of rotatable bonds is 2. The Morgan fingerprint density at radius 1 is 1.40 bits per heavy atom. The summed E-state index contributed by atoms with van der Waals surface area (Å²) in [6.07, 6.45) is 2.74. The molecule has 15 heavy (non-hydrogen) atoms. The maximum Gasteiger partial charge on any atom is 0.153 e. The van der Waals surface area contributed by atoms with Crippen LogP contribution in [0.5, 0.6) is 0 Å². The molecule has 2 rings (SSSR count). The minimum Gasteiger partial charge on any atom is -0.390 e. The second kappa shape index (κ2) is 3.05. The molecule has 2 aliphatic rings. The zero-order chi connectivity index (χ0) is 11.5. The number of fused-ring (bicyclic) bond motifs is 2. The Kier molecular flexibility index (Phi) is 2.35. The molecule has 0 saturated heterocycles. The fourth-order valence-electron chi connectivity index (χ4n) is 4.11. The van der Waals surface area contributed by atoms with Crippen LogP contribution in [0.25, 0.3) is 0 Å². The molecule has 3 nitrogen and oxygen atoms in total. The first-order valence-electron chi connectivity index (χ1n) is 5.53. The van der Waals surface area contributed by atoms with Crippen molar-refractivity contribution in [3.8, 4) is 0 Å². The van der Waals surface area contributed by atoms with Gasteiger partial charge >= 0.3 is 0 Å². The fourth-order valence-corrected chi connectivity index (χ4v) is 5.36. The molecule has 4 atom stereocenters. The van der Waals surface area contributed by atoms with Crippen molar-refractivity contribution < 1.29 is 13.9 Å². The Bertz CT molecular complexity index is 311. The van der Waals surface area contributed by atoms with Crippen LogP contribution in [0.3, 0.4) is 0 Å². The van der Waals surface area contributed by atoms with E-state index in [2.05, 4.69) is 13.8 Å². The highest BCUT2D eigenvalue weighted by Gasteiger charge is 2.69. The molecule has 0 radical (unpaired) electrons. The number of aliphatic hydroxyl groups is 1. The molecule has 0 aliphatic heterocycles. The summed E-state index contributed by atoms with van der Waals surface area (Å²) < 4.78 is 20.3. The molecule has 2 bridgehead atoms. The maximum absolute atomic E-state index is 11.1. The van der Waals surface area contributed by atoms with E-state index in [1.165, 1.54) is 0 Å². The van der Waals surface area contributed by atoms with Gasteiger partial charge in [-0.15, -0.1) is 0 Å². The van der Waals surface area contributed by atoms with Gasteiger partial charge in [-0.2, -0.15) is 0 Å². The molecule has 88 valence electrons. The van der Waals surface area contributed by atoms with Gasteiger partial charge in [-0.25, -0.2) is 4.21 Å². The Morgan fingerprint density at radius 3 is 2.33 bits per heavy atom. The van der Waals surface area contributed by atoms with Crippen LogP contribution in [0.1, 0.15) is 40.0 Å². The standard InChI is InChI=1S/C11H20O3S/c1-9(2)8-4-5-11(9,7-15(13)14)10(3,12)6-8/h8,12H,4-7H2,1-3H3,(H,13,14). The third-order valence-electron chi connectivity index (χ3n) is 5.22. The highest BCUT2D eigenvalue weighted by atomic mass is 32.2. The second-order valence-corrected chi connectivity index (χ2v) is 6.91. The molecule has 4 unspecified atom stereocenters. The maximum atomic E-state index is 11.1. The van der Waals surface area contributed by atoms with Gasteiger partial charge in [0.25, 0.3) is 0 Å². The van der Waals surface area contributed by atoms with Gasteiger partial charge in [-0.05, 0) is 37.5 Å². The minimum absolute atomic E-state index is 0.0190. The van der Waals surface area contributed by atoms with Crippen molar-refractivity contribution in [3.63, 3.8) is 0 Å². The summed E-state index contributed by atoms with van der Waals surface area (Å²) in [5.41, 5.74) is -1.17. The summed E-state index contributed by atoms with van der Waals surface area (Å²) in [6.45, 7) is 6.11. The third kappa shape index (κ3) is 1.28. The summed E-state index contributed by atoms with van der Waals surface area (Å²) in [4.78, 5) is 0. The SMILES string of the molecule is CC1(O)CC2CCC1(CS(=O)O)C2(C)C. The highest BCUT2D eigenvalue weighted by molar-refractivity contribution is 7.79. The van der Waals surface area contributed by atoms with E-state index in [1.54, 1.807) is 0 Å². The predicted molar refractivity (Wildman–Crippen MR) is 59.8 cm³/mol. The zero-order valence-corrected chi connectivity index (χ0v) is 10.4. The molecule has 0 aromatic heterocycles. The van der Waals surface area contributed by atoms with Crippen molar-refractivity contribution in [2.75, 3.05) is 5.75 Å². The molecule has 2 fully saturated rings. The van der Waals surface area contributed by atoms with Crippen LogP contribution in [0.2, 0.25) is 0 Å². The summed E-state index contributed by atoms with van der Waals surface area (Å²) >= 11 is -1.82. The molecule has 0 aromatic rings. The normalized spacial score (nSPS) is 49.5. The lowest BCUT2D eigenvalue weighted by Crippen LogP contribution is -2.50. The monoisotopic (exact) mass is 232 g/mol. The Labute approximate surface area is 93.5 Å². The van der Waals surface area contributed by atoms with Gasteiger partial charge in [-0.3, -0.25) is 0 Å². The fraction of sp³-hybridized carbons (Fsp3) is 1.00. The van der Waals surface area contributed by atoms with E-state index in [0.29, 0.717) is 5.92 Å². The van der Waals surface area contributed by atoms with Crippen LogP contribution in [-0.4, -0.2) is 25.2 Å². The van der Waals surface area contributed by atoms with Crippen LogP contribution in [0.4, 0.5) is 0 Å². The quantitative estimate of drug-likeness (QED) is 0.714. The molecule has 0 spiro atoms. The summed E-state index contributed by atoms with van der Waals surface area (Å²) in [6, 6.07) is 0. The molecule has 4 heteroatoms. The van der Waals surface area contributed by atoms with Crippen molar-refractivity contribution in [2.24, 2.45) is 16.7 Å². The Morgan fingerprint density at radius 2 is 2.00 bits per heavy atom. The van der Waals surface area contributed by atoms with Crippen LogP contribution >= 0.6 is 0 Å². The topological polar surface area (TPSA) is 57.5 Å². The first-order valence-corrected chi connectivity index (χ1v) is 6.80. The molecule has 2 saturated carbocycles. The second-order valence-electron chi connectivity index (χ2n) is 5.98. The van der Waals surface area contributed by atoms with Gasteiger partial charge in [0.1, 0.15) is 0 Å². The molecule has 0 amide bonds. The summed E-state index contributed by atoms with van der Waals surface area (Å²) in [7, 11) is 0. The molecule has 0 heterocycles. The molecule has 2 aliphatic carbocycles.